The van der Waals surface area contributed by atoms with Crippen LogP contribution in [-0.2, 0) is 7.05 Å². The summed E-state index contributed by atoms with van der Waals surface area (Å²) in [6, 6.07) is 10.7. The van der Waals surface area contributed by atoms with Crippen molar-refractivity contribution in [3.8, 4) is 21.8 Å². The quantitative estimate of drug-likeness (QED) is 0.663. The summed E-state index contributed by atoms with van der Waals surface area (Å²) in [5.41, 5.74) is 7.32. The SMILES string of the molecule is Cc1cccc(-c2nc(-c3cc(C)n(C)c3C)cs2)c1. The average Bonchev–Trinajstić information content (AvgIpc) is 3.00. The Balaban J connectivity index is 2.04. The molecule has 102 valence electrons. The number of nitrogens with zero attached hydrogens (tertiary/aromatic N) is 2. The summed E-state index contributed by atoms with van der Waals surface area (Å²) in [5.74, 6) is 0. The van der Waals surface area contributed by atoms with Crippen molar-refractivity contribution in [1.29, 1.82) is 0 Å². The third kappa shape index (κ3) is 2.18. The van der Waals surface area contributed by atoms with Gasteiger partial charge in [0.2, 0.25) is 0 Å². The van der Waals surface area contributed by atoms with Gasteiger partial charge < -0.3 is 4.57 Å². The van der Waals surface area contributed by atoms with Crippen molar-refractivity contribution in [1.82, 2.24) is 9.55 Å². The fraction of sp³-hybridized carbons (Fsp3) is 0.235. The summed E-state index contributed by atoms with van der Waals surface area (Å²) in [6.07, 6.45) is 0. The van der Waals surface area contributed by atoms with Gasteiger partial charge in [-0.2, -0.15) is 0 Å². The molecule has 0 atom stereocenters. The molecule has 0 saturated heterocycles. The summed E-state index contributed by atoms with van der Waals surface area (Å²) in [6.45, 7) is 6.39. The Bertz CT molecular complexity index is 765. The molecule has 2 aromatic heterocycles. The van der Waals surface area contributed by atoms with Crippen LogP contribution in [0, 0.1) is 20.8 Å². The molecule has 0 saturated carbocycles. The topological polar surface area (TPSA) is 17.8 Å². The van der Waals surface area contributed by atoms with E-state index in [0.29, 0.717) is 0 Å². The maximum absolute atomic E-state index is 4.81. The second-order valence-corrected chi connectivity index (χ2v) is 6.11. The van der Waals surface area contributed by atoms with Gasteiger partial charge in [-0.1, -0.05) is 23.8 Å². The van der Waals surface area contributed by atoms with Crippen LogP contribution in [0.5, 0.6) is 0 Å². The van der Waals surface area contributed by atoms with Crippen LogP contribution in [0.2, 0.25) is 0 Å². The minimum absolute atomic E-state index is 1.08. The van der Waals surface area contributed by atoms with Crippen LogP contribution in [0.15, 0.2) is 35.7 Å². The Kier molecular flexibility index (Phi) is 3.22. The Morgan fingerprint density at radius 3 is 2.55 bits per heavy atom. The number of benzene rings is 1. The zero-order valence-electron chi connectivity index (χ0n) is 12.3. The Labute approximate surface area is 123 Å². The molecule has 3 rings (SSSR count). The molecule has 0 aliphatic rings. The molecule has 0 unspecified atom stereocenters. The third-order valence-corrected chi connectivity index (χ3v) is 4.71. The van der Waals surface area contributed by atoms with Gasteiger partial charge >= 0.3 is 0 Å². The molecule has 1 aromatic carbocycles. The molecule has 3 heteroatoms. The van der Waals surface area contributed by atoms with Crippen molar-refractivity contribution < 1.29 is 0 Å². The first-order chi connectivity index (χ1) is 9.56. The number of aromatic nitrogens is 2. The van der Waals surface area contributed by atoms with E-state index in [4.69, 9.17) is 4.98 Å². The second-order valence-electron chi connectivity index (χ2n) is 5.25. The fourth-order valence-electron chi connectivity index (χ4n) is 2.42. The van der Waals surface area contributed by atoms with Crippen LogP contribution < -0.4 is 0 Å². The highest BCUT2D eigenvalue weighted by atomic mass is 32.1. The predicted molar refractivity (Wildman–Crippen MR) is 86.2 cm³/mol. The standard InChI is InChI=1S/C17H18N2S/c1-11-6-5-7-14(8-11)17-18-16(10-20-17)15-9-12(2)19(4)13(15)3/h5-10H,1-4H3. The average molecular weight is 282 g/mol. The summed E-state index contributed by atoms with van der Waals surface area (Å²) < 4.78 is 2.21. The minimum Gasteiger partial charge on any atom is -0.351 e. The van der Waals surface area contributed by atoms with E-state index in [2.05, 4.69) is 68.1 Å². The largest absolute Gasteiger partial charge is 0.351 e. The lowest BCUT2D eigenvalue weighted by Crippen LogP contribution is -1.92. The monoisotopic (exact) mass is 282 g/mol. The molecule has 0 amide bonds. The van der Waals surface area contributed by atoms with Crippen LogP contribution in [0.4, 0.5) is 0 Å². The van der Waals surface area contributed by atoms with Crippen molar-refractivity contribution in [3.63, 3.8) is 0 Å². The van der Waals surface area contributed by atoms with Crippen molar-refractivity contribution >= 4 is 11.3 Å². The molecule has 2 heterocycles. The number of aryl methyl sites for hydroxylation is 2. The Hall–Kier alpha value is -1.87. The van der Waals surface area contributed by atoms with E-state index in [1.807, 2.05) is 0 Å². The summed E-state index contributed by atoms with van der Waals surface area (Å²) in [7, 11) is 2.10. The fourth-order valence-corrected chi connectivity index (χ4v) is 3.24. The number of thiazole rings is 1. The molecule has 0 N–H and O–H groups in total. The minimum atomic E-state index is 1.08. The molecule has 0 radical (unpaired) electrons. The van der Waals surface area contributed by atoms with E-state index in [0.717, 1.165) is 10.7 Å². The molecule has 0 fully saturated rings. The van der Waals surface area contributed by atoms with Gasteiger partial charge in [-0.25, -0.2) is 4.98 Å². The van der Waals surface area contributed by atoms with E-state index in [1.54, 1.807) is 11.3 Å². The van der Waals surface area contributed by atoms with Crippen LogP contribution in [0.25, 0.3) is 21.8 Å². The van der Waals surface area contributed by atoms with Gasteiger partial charge in [-0.3, -0.25) is 0 Å². The summed E-state index contributed by atoms with van der Waals surface area (Å²) in [4.78, 5) is 4.81. The summed E-state index contributed by atoms with van der Waals surface area (Å²) in [5, 5.41) is 3.24. The lowest BCUT2D eigenvalue weighted by atomic mass is 10.1. The molecule has 0 aliphatic carbocycles. The van der Waals surface area contributed by atoms with E-state index < -0.39 is 0 Å². The molecular formula is C17H18N2S. The number of hydrogen-bond acceptors (Lipinski definition) is 2. The van der Waals surface area contributed by atoms with Crippen molar-refractivity contribution in [2.24, 2.45) is 7.05 Å². The zero-order valence-corrected chi connectivity index (χ0v) is 13.1. The van der Waals surface area contributed by atoms with E-state index in [9.17, 15) is 0 Å². The van der Waals surface area contributed by atoms with Crippen molar-refractivity contribution in [2.75, 3.05) is 0 Å². The maximum atomic E-state index is 4.81. The molecule has 0 bridgehead atoms. The van der Waals surface area contributed by atoms with Crippen LogP contribution in [0.3, 0.4) is 0 Å². The van der Waals surface area contributed by atoms with Gasteiger partial charge in [0.05, 0.1) is 5.69 Å². The first-order valence-corrected chi connectivity index (χ1v) is 7.60. The molecule has 0 aliphatic heterocycles. The highest BCUT2D eigenvalue weighted by Gasteiger charge is 2.12. The smallest absolute Gasteiger partial charge is 0.124 e. The molecule has 20 heavy (non-hydrogen) atoms. The highest BCUT2D eigenvalue weighted by Crippen LogP contribution is 2.31. The molecule has 3 aromatic rings. The zero-order chi connectivity index (χ0) is 14.3. The summed E-state index contributed by atoms with van der Waals surface area (Å²) >= 11 is 1.71. The van der Waals surface area contributed by atoms with Gasteiger partial charge in [-0.15, -0.1) is 11.3 Å². The van der Waals surface area contributed by atoms with Crippen LogP contribution in [-0.4, -0.2) is 9.55 Å². The first-order valence-electron chi connectivity index (χ1n) is 6.72. The first kappa shape index (κ1) is 13.1. The van der Waals surface area contributed by atoms with E-state index in [1.165, 1.54) is 28.1 Å². The van der Waals surface area contributed by atoms with E-state index in [-0.39, 0.29) is 0 Å². The number of hydrogen-bond donors (Lipinski definition) is 0. The van der Waals surface area contributed by atoms with Gasteiger partial charge in [0.1, 0.15) is 5.01 Å². The van der Waals surface area contributed by atoms with Crippen molar-refractivity contribution in [3.05, 3.63) is 52.7 Å². The van der Waals surface area contributed by atoms with Gasteiger partial charge in [-0.05, 0) is 32.9 Å². The van der Waals surface area contributed by atoms with Gasteiger partial charge in [0.15, 0.2) is 0 Å². The van der Waals surface area contributed by atoms with Gasteiger partial charge in [0.25, 0.3) is 0 Å². The Morgan fingerprint density at radius 1 is 1.10 bits per heavy atom. The molecular weight excluding hydrogens is 264 g/mol. The van der Waals surface area contributed by atoms with Gasteiger partial charge in [0, 0.05) is 34.9 Å². The van der Waals surface area contributed by atoms with E-state index >= 15 is 0 Å². The molecule has 2 nitrogen and oxygen atoms in total. The lowest BCUT2D eigenvalue weighted by molar-refractivity contribution is 0.845. The Morgan fingerprint density at radius 2 is 1.90 bits per heavy atom. The molecule has 0 spiro atoms. The second kappa shape index (κ2) is 4.91. The van der Waals surface area contributed by atoms with Crippen LogP contribution in [0.1, 0.15) is 17.0 Å². The maximum Gasteiger partial charge on any atom is 0.124 e. The van der Waals surface area contributed by atoms with Crippen molar-refractivity contribution in [2.45, 2.75) is 20.8 Å². The normalized spacial score (nSPS) is 11.0. The highest BCUT2D eigenvalue weighted by molar-refractivity contribution is 7.13. The lowest BCUT2D eigenvalue weighted by Gasteiger charge is -2.00. The number of rotatable bonds is 2. The predicted octanol–water partition coefficient (Wildman–Crippen LogP) is 4.74. The third-order valence-electron chi connectivity index (χ3n) is 3.82. The van der Waals surface area contributed by atoms with Crippen LogP contribution >= 0.6 is 11.3 Å².